The first-order valence-corrected chi connectivity index (χ1v) is 11.6. The fourth-order valence-electron chi connectivity index (χ4n) is 3.09. The molecular formula is C19H21ClN2O3S2. The molecule has 0 unspecified atom stereocenters. The van der Waals surface area contributed by atoms with E-state index in [1.54, 1.807) is 23.9 Å². The second kappa shape index (κ2) is 8.22. The number of anilines is 1. The Hall–Kier alpha value is -1.54. The lowest BCUT2D eigenvalue weighted by Gasteiger charge is -2.23. The first-order valence-electron chi connectivity index (χ1n) is 8.56. The molecule has 1 amide bonds. The van der Waals surface area contributed by atoms with Crippen molar-refractivity contribution in [2.45, 2.75) is 35.6 Å². The summed E-state index contributed by atoms with van der Waals surface area (Å²) in [4.78, 5) is 13.9. The Morgan fingerprint density at radius 1 is 1.26 bits per heavy atom. The van der Waals surface area contributed by atoms with Gasteiger partial charge in [-0.1, -0.05) is 23.7 Å². The van der Waals surface area contributed by atoms with Crippen molar-refractivity contribution in [1.29, 1.82) is 0 Å². The van der Waals surface area contributed by atoms with Crippen molar-refractivity contribution in [1.82, 2.24) is 4.31 Å². The molecule has 1 N–H and O–H groups in total. The van der Waals surface area contributed by atoms with Gasteiger partial charge in [0.15, 0.2) is 0 Å². The zero-order valence-electron chi connectivity index (χ0n) is 15.1. The van der Waals surface area contributed by atoms with Gasteiger partial charge in [-0.2, -0.15) is 4.31 Å². The Morgan fingerprint density at radius 3 is 2.74 bits per heavy atom. The van der Waals surface area contributed by atoms with Gasteiger partial charge in [-0.15, -0.1) is 11.8 Å². The first-order chi connectivity index (χ1) is 12.8. The highest BCUT2D eigenvalue weighted by Gasteiger charge is 2.39. The number of halogens is 1. The van der Waals surface area contributed by atoms with E-state index in [1.165, 1.54) is 16.4 Å². The van der Waals surface area contributed by atoms with Gasteiger partial charge in [0.05, 0.1) is 4.90 Å². The number of rotatable bonds is 5. The molecule has 0 aliphatic carbocycles. The van der Waals surface area contributed by atoms with Crippen LogP contribution in [0.5, 0.6) is 0 Å². The highest BCUT2D eigenvalue weighted by molar-refractivity contribution is 7.98. The summed E-state index contributed by atoms with van der Waals surface area (Å²) in [5.74, 6) is -0.312. The van der Waals surface area contributed by atoms with Gasteiger partial charge in [-0.3, -0.25) is 4.79 Å². The zero-order valence-corrected chi connectivity index (χ0v) is 17.5. The molecule has 2 aromatic carbocycles. The van der Waals surface area contributed by atoms with Crippen LogP contribution in [0.4, 0.5) is 5.69 Å². The molecule has 1 aliphatic heterocycles. The maximum Gasteiger partial charge on any atom is 0.243 e. The molecule has 1 aliphatic rings. The topological polar surface area (TPSA) is 66.5 Å². The third-order valence-corrected chi connectivity index (χ3v) is 7.63. The minimum Gasteiger partial charge on any atom is -0.325 e. The molecule has 1 atom stereocenters. The number of sulfonamides is 1. The molecule has 3 rings (SSSR count). The Balaban J connectivity index is 1.83. The molecule has 0 radical (unpaired) electrons. The van der Waals surface area contributed by atoms with Crippen molar-refractivity contribution in [3.05, 3.63) is 53.1 Å². The van der Waals surface area contributed by atoms with Crippen LogP contribution in [0.3, 0.4) is 0 Å². The van der Waals surface area contributed by atoms with Gasteiger partial charge < -0.3 is 5.32 Å². The number of carbonyl (C=O) groups is 1. The molecule has 0 bridgehead atoms. The lowest BCUT2D eigenvalue weighted by molar-refractivity contribution is -0.119. The number of carbonyl (C=O) groups excluding carboxylic acids is 1. The molecule has 0 spiro atoms. The number of nitrogens with zero attached hydrogens (tertiary/aromatic N) is 1. The molecule has 0 aromatic heterocycles. The number of hydrogen-bond acceptors (Lipinski definition) is 4. The maximum atomic E-state index is 13.0. The second-order valence-electron chi connectivity index (χ2n) is 6.41. The minimum absolute atomic E-state index is 0.113. The number of thioether (sulfide) groups is 1. The molecule has 1 heterocycles. The molecule has 0 saturated carbocycles. The SMILES string of the molecule is CSc1cccc(NC(=O)[C@@H]2CCCN2S(=O)(=O)c2ccc(C)c(Cl)c2)c1. The predicted molar refractivity (Wildman–Crippen MR) is 110 cm³/mol. The fourth-order valence-corrected chi connectivity index (χ4v) is 5.47. The van der Waals surface area contributed by atoms with Crippen molar-refractivity contribution in [2.75, 3.05) is 18.1 Å². The van der Waals surface area contributed by atoms with E-state index in [-0.39, 0.29) is 10.8 Å². The van der Waals surface area contributed by atoms with E-state index in [4.69, 9.17) is 11.6 Å². The number of aryl methyl sites for hydroxylation is 1. The van der Waals surface area contributed by atoms with Crippen LogP contribution in [-0.4, -0.2) is 37.5 Å². The number of hydrogen-bond donors (Lipinski definition) is 1. The molecule has 2 aromatic rings. The van der Waals surface area contributed by atoms with Crippen LogP contribution in [0.25, 0.3) is 0 Å². The summed E-state index contributed by atoms with van der Waals surface area (Å²) in [6, 6.07) is 11.4. The Labute approximate surface area is 169 Å². The number of amides is 1. The molecule has 27 heavy (non-hydrogen) atoms. The summed E-state index contributed by atoms with van der Waals surface area (Å²) in [5.41, 5.74) is 1.47. The van der Waals surface area contributed by atoms with Gasteiger partial charge in [-0.25, -0.2) is 8.42 Å². The maximum absolute atomic E-state index is 13.0. The summed E-state index contributed by atoms with van der Waals surface area (Å²) < 4.78 is 27.4. The van der Waals surface area contributed by atoms with E-state index in [0.29, 0.717) is 30.1 Å². The largest absolute Gasteiger partial charge is 0.325 e. The van der Waals surface area contributed by atoms with E-state index < -0.39 is 16.1 Å². The Bertz CT molecular complexity index is 963. The molecule has 1 saturated heterocycles. The van der Waals surface area contributed by atoms with E-state index in [9.17, 15) is 13.2 Å². The third kappa shape index (κ3) is 4.32. The minimum atomic E-state index is -3.79. The standard InChI is InChI=1S/C19H21ClN2O3S2/c1-13-8-9-16(12-17(13)20)27(24,25)22-10-4-7-18(22)19(23)21-14-5-3-6-15(11-14)26-2/h3,5-6,8-9,11-12,18H,4,7,10H2,1-2H3,(H,21,23)/t18-/m0/s1. The summed E-state index contributed by atoms with van der Waals surface area (Å²) in [7, 11) is -3.79. The lowest BCUT2D eigenvalue weighted by Crippen LogP contribution is -2.43. The Morgan fingerprint density at radius 2 is 2.04 bits per heavy atom. The summed E-state index contributed by atoms with van der Waals surface area (Å²) >= 11 is 7.67. The second-order valence-corrected chi connectivity index (χ2v) is 9.58. The fraction of sp³-hybridized carbons (Fsp3) is 0.316. The van der Waals surface area contributed by atoms with Gasteiger partial charge in [0.25, 0.3) is 0 Å². The average Bonchev–Trinajstić information content (AvgIpc) is 3.15. The van der Waals surface area contributed by atoms with Crippen LogP contribution >= 0.6 is 23.4 Å². The summed E-state index contributed by atoms with van der Waals surface area (Å²) in [6.07, 6.45) is 3.09. The van der Waals surface area contributed by atoms with Crippen molar-refractivity contribution < 1.29 is 13.2 Å². The lowest BCUT2D eigenvalue weighted by atomic mass is 10.2. The highest BCUT2D eigenvalue weighted by atomic mass is 35.5. The Kier molecular flexibility index (Phi) is 6.15. The van der Waals surface area contributed by atoms with Crippen molar-refractivity contribution in [3.63, 3.8) is 0 Å². The monoisotopic (exact) mass is 424 g/mol. The van der Waals surface area contributed by atoms with Gasteiger partial charge in [0.1, 0.15) is 6.04 Å². The predicted octanol–water partition coefficient (Wildman–Crippen LogP) is 4.16. The smallest absolute Gasteiger partial charge is 0.243 e. The van der Waals surface area contributed by atoms with Crippen LogP contribution in [0, 0.1) is 6.92 Å². The van der Waals surface area contributed by atoms with Crippen molar-refractivity contribution in [2.24, 2.45) is 0 Å². The van der Waals surface area contributed by atoms with Crippen molar-refractivity contribution >= 4 is 45.0 Å². The van der Waals surface area contributed by atoms with E-state index in [1.807, 2.05) is 31.4 Å². The quantitative estimate of drug-likeness (QED) is 0.732. The number of benzene rings is 2. The van der Waals surface area contributed by atoms with E-state index in [2.05, 4.69) is 5.32 Å². The molecular weight excluding hydrogens is 404 g/mol. The zero-order chi connectivity index (χ0) is 19.6. The normalized spacial score (nSPS) is 17.8. The van der Waals surface area contributed by atoms with E-state index >= 15 is 0 Å². The molecule has 8 heteroatoms. The third-order valence-electron chi connectivity index (χ3n) is 4.59. The molecule has 144 valence electrons. The van der Waals surface area contributed by atoms with Crippen molar-refractivity contribution in [3.8, 4) is 0 Å². The van der Waals surface area contributed by atoms with E-state index in [0.717, 1.165) is 10.5 Å². The van der Waals surface area contributed by atoms with Gasteiger partial charge >= 0.3 is 0 Å². The van der Waals surface area contributed by atoms with Crippen LogP contribution in [0.2, 0.25) is 5.02 Å². The van der Waals surface area contributed by atoms with Gasteiger partial charge in [0, 0.05) is 22.2 Å². The summed E-state index contributed by atoms with van der Waals surface area (Å²) in [5, 5.41) is 3.24. The molecule has 1 fully saturated rings. The first kappa shape index (κ1) is 20.2. The summed E-state index contributed by atoms with van der Waals surface area (Å²) in [6.45, 7) is 2.13. The van der Waals surface area contributed by atoms with Crippen LogP contribution in [0.1, 0.15) is 18.4 Å². The van der Waals surface area contributed by atoms with Crippen LogP contribution in [-0.2, 0) is 14.8 Å². The van der Waals surface area contributed by atoms with Crippen LogP contribution in [0.15, 0.2) is 52.3 Å². The highest BCUT2D eigenvalue weighted by Crippen LogP contribution is 2.29. The average molecular weight is 425 g/mol. The number of nitrogens with one attached hydrogen (secondary N) is 1. The van der Waals surface area contributed by atoms with Crippen LogP contribution < -0.4 is 5.32 Å². The molecule has 5 nitrogen and oxygen atoms in total. The van der Waals surface area contributed by atoms with Gasteiger partial charge in [-0.05, 0) is 61.9 Å². The van der Waals surface area contributed by atoms with Gasteiger partial charge in [0.2, 0.25) is 15.9 Å².